The van der Waals surface area contributed by atoms with Gasteiger partial charge in [-0.05, 0) is 44.2 Å². The molecule has 188 valence electrons. The van der Waals surface area contributed by atoms with Gasteiger partial charge in [-0.25, -0.2) is 17.2 Å². The van der Waals surface area contributed by atoms with Crippen LogP contribution >= 0.6 is 0 Å². The molecule has 7 nitrogen and oxygen atoms in total. The predicted octanol–water partition coefficient (Wildman–Crippen LogP) is 4.51. The number of hydrogen-bond acceptors (Lipinski definition) is 5. The molecule has 0 saturated carbocycles. The summed E-state index contributed by atoms with van der Waals surface area (Å²) in [4.78, 5) is 3.26. The molecule has 2 aromatic rings. The Balaban J connectivity index is 1.53. The molecule has 0 radical (unpaired) electrons. The molecular weight excluding hydrogens is 472 g/mol. The lowest BCUT2D eigenvalue weighted by Gasteiger charge is -2.38. The minimum absolute atomic E-state index is 0.0169. The SMILES string of the molecule is CC1CCC(c2ccccc2)S(=O)(=O)N1Cc1cc(F)c(N2CCC(N(C=N)C=N)CC2)cc1F. The molecule has 0 aromatic heterocycles. The molecule has 0 aliphatic carbocycles. The molecule has 2 aliphatic heterocycles. The Labute approximate surface area is 205 Å². The predicted molar refractivity (Wildman–Crippen MR) is 133 cm³/mol. The van der Waals surface area contributed by atoms with E-state index in [-0.39, 0.29) is 29.9 Å². The third-order valence-corrected chi connectivity index (χ3v) is 9.53. The summed E-state index contributed by atoms with van der Waals surface area (Å²) in [6.45, 7) is 2.52. The van der Waals surface area contributed by atoms with Crippen LogP contribution in [0.15, 0.2) is 42.5 Å². The fraction of sp³-hybridized carbons (Fsp3) is 0.440. The first kappa shape index (κ1) is 25.2. The summed E-state index contributed by atoms with van der Waals surface area (Å²) in [5.74, 6) is -1.22. The number of nitrogens with one attached hydrogen (secondary N) is 2. The summed E-state index contributed by atoms with van der Waals surface area (Å²) in [7, 11) is -3.75. The molecule has 2 aliphatic rings. The van der Waals surface area contributed by atoms with Gasteiger partial charge in [-0.1, -0.05) is 30.3 Å². The van der Waals surface area contributed by atoms with Gasteiger partial charge in [-0.15, -0.1) is 0 Å². The van der Waals surface area contributed by atoms with Gasteiger partial charge in [0.05, 0.1) is 18.4 Å². The number of hydrogen-bond donors (Lipinski definition) is 2. The van der Waals surface area contributed by atoms with Crippen molar-refractivity contribution in [2.24, 2.45) is 0 Å². The van der Waals surface area contributed by atoms with E-state index < -0.39 is 26.9 Å². The smallest absolute Gasteiger partial charge is 0.221 e. The van der Waals surface area contributed by atoms with E-state index in [1.807, 2.05) is 6.07 Å². The first-order valence-corrected chi connectivity index (χ1v) is 13.3. The van der Waals surface area contributed by atoms with Crippen molar-refractivity contribution in [1.82, 2.24) is 9.21 Å². The van der Waals surface area contributed by atoms with Crippen molar-refractivity contribution in [3.05, 3.63) is 65.2 Å². The van der Waals surface area contributed by atoms with Gasteiger partial charge < -0.3 is 9.80 Å². The van der Waals surface area contributed by atoms with E-state index in [2.05, 4.69) is 0 Å². The van der Waals surface area contributed by atoms with Crippen LogP contribution in [0.4, 0.5) is 14.5 Å². The van der Waals surface area contributed by atoms with Crippen molar-refractivity contribution < 1.29 is 17.2 Å². The van der Waals surface area contributed by atoms with Crippen LogP contribution in [0.2, 0.25) is 0 Å². The molecule has 2 aromatic carbocycles. The Hall–Kier alpha value is -2.85. The van der Waals surface area contributed by atoms with Gasteiger partial charge in [0.2, 0.25) is 10.0 Å². The van der Waals surface area contributed by atoms with E-state index in [9.17, 15) is 8.42 Å². The molecule has 2 heterocycles. The van der Waals surface area contributed by atoms with Crippen LogP contribution in [0.25, 0.3) is 0 Å². The summed E-state index contributed by atoms with van der Waals surface area (Å²) in [5, 5.41) is 14.1. The molecule has 2 N–H and O–H groups in total. The highest BCUT2D eigenvalue weighted by Crippen LogP contribution is 2.38. The fourth-order valence-electron chi connectivity index (χ4n) is 5.11. The first-order chi connectivity index (χ1) is 16.8. The van der Waals surface area contributed by atoms with Crippen LogP contribution in [0.5, 0.6) is 0 Å². The second-order valence-corrected chi connectivity index (χ2v) is 11.3. The highest BCUT2D eigenvalue weighted by atomic mass is 32.2. The minimum Gasteiger partial charge on any atom is -0.369 e. The number of benzene rings is 2. The summed E-state index contributed by atoms with van der Waals surface area (Å²) in [6.07, 6.45) is 4.54. The van der Waals surface area contributed by atoms with E-state index in [0.717, 1.165) is 24.8 Å². The maximum Gasteiger partial charge on any atom is 0.221 e. The molecule has 2 saturated heterocycles. The van der Waals surface area contributed by atoms with Crippen LogP contribution in [-0.4, -0.2) is 55.5 Å². The van der Waals surface area contributed by atoms with Gasteiger partial charge in [0.15, 0.2) is 0 Å². The van der Waals surface area contributed by atoms with Crippen LogP contribution < -0.4 is 4.90 Å². The van der Waals surface area contributed by atoms with Gasteiger partial charge in [-0.3, -0.25) is 10.8 Å². The molecule has 0 bridgehead atoms. The maximum absolute atomic E-state index is 15.2. The number of halogens is 2. The lowest BCUT2D eigenvalue weighted by molar-refractivity contribution is 0.278. The van der Waals surface area contributed by atoms with Crippen molar-refractivity contribution in [3.63, 3.8) is 0 Å². The van der Waals surface area contributed by atoms with Gasteiger partial charge >= 0.3 is 0 Å². The monoisotopic (exact) mass is 503 g/mol. The van der Waals surface area contributed by atoms with Crippen LogP contribution in [0, 0.1) is 22.5 Å². The third kappa shape index (κ3) is 5.08. The number of sulfonamides is 1. The van der Waals surface area contributed by atoms with Crippen molar-refractivity contribution in [2.75, 3.05) is 18.0 Å². The maximum atomic E-state index is 15.2. The summed E-state index contributed by atoms with van der Waals surface area (Å²) in [5.41, 5.74) is 0.876. The minimum atomic E-state index is -3.75. The first-order valence-electron chi connectivity index (χ1n) is 11.8. The van der Waals surface area contributed by atoms with Gasteiger partial charge in [0, 0.05) is 43.3 Å². The van der Waals surface area contributed by atoms with Crippen LogP contribution in [0.3, 0.4) is 0 Å². The largest absolute Gasteiger partial charge is 0.369 e. The van der Waals surface area contributed by atoms with Gasteiger partial charge in [-0.2, -0.15) is 4.31 Å². The van der Waals surface area contributed by atoms with E-state index >= 15 is 8.78 Å². The molecule has 0 amide bonds. The molecule has 4 rings (SSSR count). The molecule has 2 unspecified atom stereocenters. The Kier molecular flexibility index (Phi) is 7.51. The molecule has 2 atom stereocenters. The second kappa shape index (κ2) is 10.4. The Morgan fingerprint density at radius 3 is 2.29 bits per heavy atom. The number of nitrogens with zero attached hydrogens (tertiary/aromatic N) is 3. The Bertz CT molecular complexity index is 1160. The number of piperidine rings is 1. The Morgan fingerprint density at radius 1 is 1.00 bits per heavy atom. The normalized spacial score (nSPS) is 23.1. The zero-order valence-electron chi connectivity index (χ0n) is 19.7. The van der Waals surface area contributed by atoms with Crippen molar-refractivity contribution >= 4 is 28.4 Å². The fourth-order valence-corrected chi connectivity index (χ4v) is 7.30. The number of rotatable bonds is 7. The van der Waals surface area contributed by atoms with Crippen LogP contribution in [-0.2, 0) is 16.6 Å². The highest BCUT2D eigenvalue weighted by molar-refractivity contribution is 7.89. The van der Waals surface area contributed by atoms with Crippen molar-refractivity contribution in [2.45, 2.75) is 56.5 Å². The van der Waals surface area contributed by atoms with Gasteiger partial charge in [0.25, 0.3) is 0 Å². The highest BCUT2D eigenvalue weighted by Gasteiger charge is 2.40. The third-order valence-electron chi connectivity index (χ3n) is 7.16. The lowest BCUT2D eigenvalue weighted by Crippen LogP contribution is -2.45. The van der Waals surface area contributed by atoms with Gasteiger partial charge in [0.1, 0.15) is 16.9 Å². The molecule has 0 spiro atoms. The molecule has 35 heavy (non-hydrogen) atoms. The molecule has 2 fully saturated rings. The summed E-state index contributed by atoms with van der Waals surface area (Å²) >= 11 is 0. The van der Waals surface area contributed by atoms with Crippen molar-refractivity contribution in [3.8, 4) is 0 Å². The van der Waals surface area contributed by atoms with E-state index in [0.29, 0.717) is 44.3 Å². The topological polar surface area (TPSA) is 91.6 Å². The zero-order chi connectivity index (χ0) is 25.2. The number of anilines is 1. The average molecular weight is 504 g/mol. The lowest BCUT2D eigenvalue weighted by atomic mass is 10.0. The van der Waals surface area contributed by atoms with E-state index in [1.54, 1.807) is 36.1 Å². The van der Waals surface area contributed by atoms with Crippen LogP contribution in [0.1, 0.15) is 49.0 Å². The zero-order valence-corrected chi connectivity index (χ0v) is 20.5. The summed E-state index contributed by atoms with van der Waals surface area (Å²) < 4.78 is 58.5. The molecule has 10 heteroatoms. The van der Waals surface area contributed by atoms with Crippen molar-refractivity contribution in [1.29, 1.82) is 10.8 Å². The standard InChI is InChI=1S/C25H31F2N5O2S/c1-18-7-8-25(19-5-3-2-4-6-19)35(33,34)32(18)15-20-13-23(27)24(14-22(20)26)30-11-9-21(10-12-30)31(16-28)17-29/h2-6,13-14,16-18,21,25,28-29H,7-12,15H2,1H3. The van der Waals surface area contributed by atoms with E-state index in [4.69, 9.17) is 10.8 Å². The van der Waals surface area contributed by atoms with E-state index in [1.165, 1.54) is 9.21 Å². The second-order valence-electron chi connectivity index (χ2n) is 9.23. The Morgan fingerprint density at radius 2 is 1.66 bits per heavy atom. The quantitative estimate of drug-likeness (QED) is 0.430. The summed E-state index contributed by atoms with van der Waals surface area (Å²) in [6, 6.07) is 11.0. The average Bonchev–Trinajstić information content (AvgIpc) is 2.85. The molecular formula is C25H31F2N5O2S.